The molecule has 471 valence electrons. The van der Waals surface area contributed by atoms with Crippen LogP contribution in [0.15, 0.2) is 143 Å². The molecule has 0 atom stereocenters. The molecule has 13 rings (SSSR count). The van der Waals surface area contributed by atoms with Crippen LogP contribution in [-0.4, -0.2) is 121 Å². The van der Waals surface area contributed by atoms with E-state index in [-0.39, 0.29) is 90.2 Å². The second-order valence-electron chi connectivity index (χ2n) is 23.9. The van der Waals surface area contributed by atoms with Crippen molar-refractivity contribution in [2.75, 3.05) is 33.5 Å². The van der Waals surface area contributed by atoms with Gasteiger partial charge in [-0.3, -0.25) is 9.59 Å². The number of aliphatic hydroxyl groups excluding tert-OH is 2. The van der Waals surface area contributed by atoms with Gasteiger partial charge in [-0.05, 0) is 167 Å². The number of Topliss-reactive ketones (excluding diaryl/α,β-unsaturated/α-hetero) is 2. The molecule has 3 aromatic heterocycles. The molecule has 16 nitrogen and oxygen atoms in total. The monoisotopic (exact) mass is 1360 g/mol. The Morgan fingerprint density at radius 2 is 0.978 bits per heavy atom. The molecule has 0 spiro atoms. The number of hydrogen-bond acceptors (Lipinski definition) is 16. The Morgan fingerprint density at radius 1 is 0.582 bits per heavy atom. The molecule has 2 N–H and O–H groups in total. The molecule has 6 fully saturated rings. The Bertz CT molecular complexity index is 3620. The van der Waals surface area contributed by atoms with Gasteiger partial charge in [0.25, 0.3) is 0 Å². The number of aliphatic hydroxyl groups is 2. The number of esters is 1. The molecule has 7 aromatic rings. The van der Waals surface area contributed by atoms with Crippen molar-refractivity contribution >= 4 is 70.4 Å². The molecular formula is C68H71B2Br2F2LiN3O13. The zero-order chi connectivity index (χ0) is 63.1. The van der Waals surface area contributed by atoms with E-state index in [0.29, 0.717) is 60.2 Å². The standard InChI is InChI=1S/C26H24FNO4.C23H26BFO4.C10H10BrNO3.C9H10BrNO2.B.Li.H/c27-21-7-1-17(2-8-21)11-24(30)26(15-31-16-26)20-5-3-18(4-6-20)23-13-28-25(12-19(23)14-29)32-22-9-10-22;1-21(2)22(3,4)29-24(28-21)18-9-7-17(8-10-18)23(14-27-15-23)20(26)13-16-5-11-19(25)12-6-16;1-14-10(13)7-4-9(12-5-8(7)11)15-6-2-3-6;10-8-4-11-9(3-6(8)5-12)13-7-1-2-7;;;/h1-8,12-13,22,29H,9-11,14-16H2;5-12H,13-15H2,1-4H3;4-6H,2-3H2,1H3;3-4,7,12H,1-2,5H2;;;/q;;;;;+1;-1. The van der Waals surface area contributed by atoms with E-state index in [1.165, 1.54) is 31.4 Å². The first-order valence-corrected chi connectivity index (χ1v) is 31.2. The molecule has 3 radical (unpaired) electrons. The molecule has 3 aliphatic heterocycles. The first-order valence-electron chi connectivity index (χ1n) is 29.6. The molecule has 3 saturated carbocycles. The van der Waals surface area contributed by atoms with Gasteiger partial charge in [-0.15, -0.1) is 0 Å². The SMILES string of the molecule is CC1(C)OB(c2ccc(C3(C(=O)Cc4ccc(F)cc4)COC3)cc2)OC1(C)C.COC(=O)c1cc(OC2CC2)ncc1Br.O=C(Cc1ccc(F)cc1)C1(c2ccc(-c3cnc(OC4CC4)cc3CO)cc2)COC1.OCc1cc(OC2CC2)ncc1Br.[B].[H-].[Li+]. The van der Waals surface area contributed by atoms with E-state index in [1.54, 1.807) is 61.1 Å². The van der Waals surface area contributed by atoms with Crippen molar-refractivity contribution in [2.24, 2.45) is 0 Å². The number of pyridine rings is 3. The number of hydrogen-bond donors (Lipinski definition) is 2. The van der Waals surface area contributed by atoms with Gasteiger partial charge in [0.2, 0.25) is 17.6 Å². The number of nitrogens with zero attached hydrogens (tertiary/aromatic N) is 3. The largest absolute Gasteiger partial charge is 1.00 e. The Balaban J connectivity index is 0.000000183. The van der Waals surface area contributed by atoms with E-state index in [0.717, 1.165) is 93.0 Å². The number of rotatable bonds is 19. The summed E-state index contributed by atoms with van der Waals surface area (Å²) in [6, 6.07) is 32.9. The molecule has 0 bridgehead atoms. The fourth-order valence-electron chi connectivity index (χ4n) is 9.81. The summed E-state index contributed by atoms with van der Waals surface area (Å²) in [5, 5.41) is 18.8. The van der Waals surface area contributed by atoms with Crippen molar-refractivity contribution in [1.82, 2.24) is 15.0 Å². The third kappa shape index (κ3) is 17.6. The quantitative estimate of drug-likeness (QED) is 0.0582. The Kier molecular flexibility index (Phi) is 23.9. The first-order chi connectivity index (χ1) is 42.7. The second kappa shape index (κ2) is 30.7. The summed E-state index contributed by atoms with van der Waals surface area (Å²) in [6.45, 7) is 9.38. The summed E-state index contributed by atoms with van der Waals surface area (Å²) in [6.07, 6.45) is 12.7. The fourth-order valence-corrected chi connectivity index (χ4v) is 10.5. The van der Waals surface area contributed by atoms with Crippen LogP contribution in [0.3, 0.4) is 0 Å². The summed E-state index contributed by atoms with van der Waals surface area (Å²) in [5.74, 6) is 0.735. The summed E-state index contributed by atoms with van der Waals surface area (Å²) in [4.78, 5) is 50.1. The van der Waals surface area contributed by atoms with Gasteiger partial charge < -0.3 is 49.4 Å². The third-order valence-corrected chi connectivity index (χ3v) is 18.0. The Labute approximate surface area is 561 Å². The van der Waals surface area contributed by atoms with Crippen LogP contribution in [0.5, 0.6) is 17.6 Å². The number of ether oxygens (including phenoxy) is 6. The van der Waals surface area contributed by atoms with Crippen molar-refractivity contribution in [2.45, 2.75) is 133 Å². The van der Waals surface area contributed by atoms with Crippen LogP contribution in [0, 0.1) is 11.6 Å². The van der Waals surface area contributed by atoms with Gasteiger partial charge in [0.1, 0.15) is 40.8 Å². The minimum atomic E-state index is -0.688. The van der Waals surface area contributed by atoms with Gasteiger partial charge >= 0.3 is 31.9 Å². The van der Waals surface area contributed by atoms with Gasteiger partial charge in [-0.1, -0.05) is 72.8 Å². The van der Waals surface area contributed by atoms with Crippen LogP contribution in [-0.2, 0) is 70.0 Å². The van der Waals surface area contributed by atoms with Crippen molar-refractivity contribution in [1.29, 1.82) is 0 Å². The summed E-state index contributed by atoms with van der Waals surface area (Å²) < 4.78 is 72.1. The number of aromatic nitrogens is 3. The van der Waals surface area contributed by atoms with Crippen LogP contribution >= 0.6 is 31.9 Å². The minimum absolute atomic E-state index is 0. The topological polar surface area (TPSA) is 204 Å². The summed E-state index contributed by atoms with van der Waals surface area (Å²) >= 11 is 6.53. The molecule has 6 heterocycles. The normalized spacial score (nSPS) is 17.5. The molecule has 0 unspecified atom stereocenters. The predicted molar refractivity (Wildman–Crippen MR) is 342 cm³/mol. The molecule has 91 heavy (non-hydrogen) atoms. The fraction of sp³-hybridized carbons (Fsp3) is 0.382. The average Bonchev–Trinajstić information content (AvgIpc) is 1.73. The molecule has 4 aromatic carbocycles. The number of benzene rings is 4. The van der Waals surface area contributed by atoms with Crippen molar-refractivity contribution < 1.29 is 91.4 Å². The zero-order valence-corrected chi connectivity index (χ0v) is 54.9. The van der Waals surface area contributed by atoms with Gasteiger partial charge in [0.15, 0.2) is 11.6 Å². The van der Waals surface area contributed by atoms with Crippen LogP contribution < -0.4 is 38.5 Å². The third-order valence-electron chi connectivity index (χ3n) is 16.6. The van der Waals surface area contributed by atoms with Crippen LogP contribution in [0.4, 0.5) is 8.78 Å². The van der Waals surface area contributed by atoms with Gasteiger partial charge in [0.05, 0.1) is 68.0 Å². The number of halogens is 4. The smallest absolute Gasteiger partial charge is 1.00 e. The van der Waals surface area contributed by atoms with Gasteiger partial charge in [-0.2, -0.15) is 0 Å². The molecule has 3 aliphatic carbocycles. The maximum Gasteiger partial charge on any atom is 1.00 e. The molecule has 3 saturated heterocycles. The van der Waals surface area contributed by atoms with Gasteiger partial charge in [0, 0.05) is 68.1 Å². The van der Waals surface area contributed by atoms with Crippen molar-refractivity contribution in [3.05, 3.63) is 193 Å². The van der Waals surface area contributed by atoms with Crippen LogP contribution in [0.2, 0.25) is 0 Å². The summed E-state index contributed by atoms with van der Waals surface area (Å²) in [7, 11) is 0.911. The van der Waals surface area contributed by atoms with Crippen LogP contribution in [0.25, 0.3) is 11.1 Å². The number of methoxy groups -OCH3 is 1. The van der Waals surface area contributed by atoms with E-state index in [2.05, 4.69) is 51.5 Å². The molecular weight excluding hydrogens is 1290 g/mol. The van der Waals surface area contributed by atoms with Crippen LogP contribution in [0.1, 0.15) is 111 Å². The van der Waals surface area contributed by atoms with Gasteiger partial charge in [-0.25, -0.2) is 28.5 Å². The Hall–Kier alpha value is -6.15. The molecule has 6 aliphatic rings. The Morgan fingerprint density at radius 3 is 1.37 bits per heavy atom. The van der Waals surface area contributed by atoms with E-state index in [9.17, 15) is 28.3 Å². The average molecular weight is 1360 g/mol. The maximum atomic E-state index is 13.2. The number of carbonyl (C=O) groups is 3. The molecule has 0 amide bonds. The van der Waals surface area contributed by atoms with E-state index in [1.807, 2.05) is 76.2 Å². The number of ketones is 2. The second-order valence-corrected chi connectivity index (χ2v) is 25.7. The first kappa shape index (κ1) is 70.7. The van der Waals surface area contributed by atoms with E-state index < -0.39 is 35.1 Å². The number of carbonyl (C=O) groups excluding carboxylic acids is 3. The zero-order valence-electron chi connectivity index (χ0n) is 52.7. The predicted octanol–water partition coefficient (Wildman–Crippen LogP) is 7.99. The van der Waals surface area contributed by atoms with Crippen molar-refractivity contribution in [3.63, 3.8) is 0 Å². The van der Waals surface area contributed by atoms with E-state index >= 15 is 0 Å². The minimum Gasteiger partial charge on any atom is -1.00 e. The van der Waals surface area contributed by atoms with Crippen molar-refractivity contribution in [3.8, 4) is 28.8 Å². The summed E-state index contributed by atoms with van der Waals surface area (Å²) in [5.41, 5.74) is 5.93. The molecule has 23 heteroatoms. The maximum absolute atomic E-state index is 13.2. The van der Waals surface area contributed by atoms with E-state index in [4.69, 9.17) is 38.1 Å².